The molecule has 0 spiro atoms. The minimum Gasteiger partial charge on any atom is -0.497 e. The first-order valence-corrected chi connectivity index (χ1v) is 9.11. The van der Waals surface area contributed by atoms with Crippen LogP contribution in [0.15, 0.2) is 53.8 Å². The summed E-state index contributed by atoms with van der Waals surface area (Å²) in [5.74, 6) is -1.12. The van der Waals surface area contributed by atoms with E-state index in [1.54, 1.807) is 13.3 Å². The van der Waals surface area contributed by atoms with E-state index >= 15 is 0 Å². The first-order valence-electron chi connectivity index (χ1n) is 8.12. The van der Waals surface area contributed by atoms with Crippen LogP contribution in [0.2, 0.25) is 0 Å². The monoisotopic (exact) mass is 389 g/mol. The number of thioether (sulfide) groups is 1. The Morgan fingerprint density at radius 3 is 2.67 bits per heavy atom. The molecule has 0 aliphatic carbocycles. The van der Waals surface area contributed by atoms with Crippen LogP contribution >= 0.6 is 11.8 Å². The summed E-state index contributed by atoms with van der Waals surface area (Å²) in [4.78, 5) is 19.4. The van der Waals surface area contributed by atoms with Gasteiger partial charge in [-0.3, -0.25) is 4.79 Å². The molecule has 0 bridgehead atoms. The van der Waals surface area contributed by atoms with Crippen LogP contribution in [0.3, 0.4) is 0 Å². The molecular formula is C19H17F2N3O2S. The summed E-state index contributed by atoms with van der Waals surface area (Å²) in [5.41, 5.74) is 1.95. The maximum Gasteiger partial charge on any atom is 0.251 e. The van der Waals surface area contributed by atoms with Crippen molar-refractivity contribution in [2.75, 3.05) is 19.4 Å². The number of aromatic amines is 1. The van der Waals surface area contributed by atoms with Crippen molar-refractivity contribution in [3.63, 3.8) is 0 Å². The lowest BCUT2D eigenvalue weighted by Gasteiger charge is -2.05. The van der Waals surface area contributed by atoms with Crippen LogP contribution < -0.4 is 10.1 Å². The fourth-order valence-electron chi connectivity index (χ4n) is 2.35. The third kappa shape index (κ3) is 4.85. The molecule has 3 rings (SSSR count). The van der Waals surface area contributed by atoms with Gasteiger partial charge in [-0.2, -0.15) is 0 Å². The van der Waals surface area contributed by atoms with E-state index in [0.29, 0.717) is 12.3 Å². The van der Waals surface area contributed by atoms with Gasteiger partial charge >= 0.3 is 0 Å². The predicted molar refractivity (Wildman–Crippen MR) is 100.0 cm³/mol. The number of carbonyl (C=O) groups is 1. The number of halogens is 2. The molecule has 0 aliphatic rings. The van der Waals surface area contributed by atoms with E-state index in [0.717, 1.165) is 34.3 Å². The van der Waals surface area contributed by atoms with Gasteiger partial charge in [-0.05, 0) is 48.0 Å². The van der Waals surface area contributed by atoms with Crippen molar-refractivity contribution in [1.29, 1.82) is 0 Å². The number of ether oxygens (including phenoxy) is 1. The third-order valence-corrected chi connectivity index (χ3v) is 4.65. The second-order valence-corrected chi connectivity index (χ2v) is 6.65. The van der Waals surface area contributed by atoms with E-state index in [1.807, 2.05) is 24.3 Å². The zero-order chi connectivity index (χ0) is 19.2. The van der Waals surface area contributed by atoms with Crippen molar-refractivity contribution >= 4 is 17.7 Å². The molecule has 2 N–H and O–H groups in total. The van der Waals surface area contributed by atoms with Crippen LogP contribution in [0, 0.1) is 11.6 Å². The molecule has 3 aromatic rings. The van der Waals surface area contributed by atoms with Crippen LogP contribution in [-0.2, 0) is 0 Å². The SMILES string of the molecule is COc1ccc(-c2cnc(SCCNC(=O)c3ccc(F)c(F)c3)[nH]2)cc1. The molecule has 0 fully saturated rings. The Balaban J connectivity index is 1.48. The summed E-state index contributed by atoms with van der Waals surface area (Å²) in [6.45, 7) is 0.362. The van der Waals surface area contributed by atoms with E-state index in [2.05, 4.69) is 15.3 Å². The van der Waals surface area contributed by atoms with Gasteiger partial charge in [0.1, 0.15) is 5.75 Å². The second kappa shape index (κ2) is 8.68. The van der Waals surface area contributed by atoms with Gasteiger partial charge in [-0.25, -0.2) is 13.8 Å². The molecule has 1 aromatic heterocycles. The average molecular weight is 389 g/mol. The Bertz CT molecular complexity index is 929. The number of hydrogen-bond acceptors (Lipinski definition) is 4. The Morgan fingerprint density at radius 2 is 1.96 bits per heavy atom. The molecule has 140 valence electrons. The largest absolute Gasteiger partial charge is 0.497 e. The normalized spacial score (nSPS) is 10.6. The second-order valence-electron chi connectivity index (χ2n) is 5.56. The predicted octanol–water partition coefficient (Wildman–Crippen LogP) is 3.89. The molecular weight excluding hydrogens is 372 g/mol. The fraction of sp³-hybridized carbons (Fsp3) is 0.158. The first kappa shape index (κ1) is 18.9. The van der Waals surface area contributed by atoms with Gasteiger partial charge in [-0.15, -0.1) is 0 Å². The van der Waals surface area contributed by atoms with Gasteiger partial charge in [0.05, 0.1) is 19.0 Å². The minimum atomic E-state index is -1.04. The molecule has 8 heteroatoms. The topological polar surface area (TPSA) is 67.0 Å². The lowest BCUT2D eigenvalue weighted by Crippen LogP contribution is -2.25. The maximum atomic E-state index is 13.2. The number of nitrogens with zero attached hydrogens (tertiary/aromatic N) is 1. The number of imidazole rings is 1. The minimum absolute atomic E-state index is 0.0821. The van der Waals surface area contributed by atoms with Crippen LogP contribution in [0.1, 0.15) is 10.4 Å². The summed E-state index contributed by atoms with van der Waals surface area (Å²) in [5, 5.41) is 3.39. The molecule has 5 nitrogen and oxygen atoms in total. The molecule has 2 aromatic carbocycles. The van der Waals surface area contributed by atoms with Crippen LogP contribution in [-0.4, -0.2) is 35.3 Å². The number of nitrogens with one attached hydrogen (secondary N) is 2. The van der Waals surface area contributed by atoms with E-state index in [1.165, 1.54) is 17.8 Å². The summed E-state index contributed by atoms with van der Waals surface area (Å²) in [7, 11) is 1.62. The highest BCUT2D eigenvalue weighted by Crippen LogP contribution is 2.23. The van der Waals surface area contributed by atoms with Crippen molar-refractivity contribution in [3.8, 4) is 17.0 Å². The third-order valence-electron chi connectivity index (χ3n) is 3.76. The van der Waals surface area contributed by atoms with Crippen molar-refractivity contribution in [1.82, 2.24) is 15.3 Å². The quantitative estimate of drug-likeness (QED) is 0.475. The first-order chi connectivity index (χ1) is 13.1. The Morgan fingerprint density at radius 1 is 1.19 bits per heavy atom. The van der Waals surface area contributed by atoms with Gasteiger partial charge in [0.15, 0.2) is 16.8 Å². The van der Waals surface area contributed by atoms with Gasteiger partial charge < -0.3 is 15.0 Å². The number of rotatable bonds is 7. The smallest absolute Gasteiger partial charge is 0.251 e. The zero-order valence-corrected chi connectivity index (χ0v) is 15.3. The highest BCUT2D eigenvalue weighted by molar-refractivity contribution is 7.99. The molecule has 0 atom stereocenters. The van der Waals surface area contributed by atoms with E-state index in [4.69, 9.17) is 4.74 Å². The number of hydrogen-bond donors (Lipinski definition) is 2. The zero-order valence-electron chi connectivity index (χ0n) is 14.5. The summed E-state index contributed by atoms with van der Waals surface area (Å²) in [6.07, 6.45) is 1.74. The lowest BCUT2D eigenvalue weighted by molar-refractivity contribution is 0.0955. The van der Waals surface area contributed by atoms with Crippen LogP contribution in [0.25, 0.3) is 11.3 Å². The molecule has 1 heterocycles. The molecule has 27 heavy (non-hydrogen) atoms. The van der Waals surface area contributed by atoms with Crippen molar-refractivity contribution in [3.05, 3.63) is 65.9 Å². The molecule has 1 amide bonds. The molecule has 0 aliphatic heterocycles. The Labute approximate surface area is 159 Å². The van der Waals surface area contributed by atoms with Gasteiger partial charge in [0.2, 0.25) is 0 Å². The highest BCUT2D eigenvalue weighted by atomic mass is 32.2. The Kier molecular flexibility index (Phi) is 6.08. The molecule has 0 unspecified atom stereocenters. The van der Waals surface area contributed by atoms with E-state index < -0.39 is 17.5 Å². The van der Waals surface area contributed by atoms with Crippen LogP contribution in [0.4, 0.5) is 8.78 Å². The summed E-state index contributed by atoms with van der Waals surface area (Å²) >= 11 is 1.45. The summed E-state index contributed by atoms with van der Waals surface area (Å²) < 4.78 is 31.2. The average Bonchev–Trinajstić information content (AvgIpc) is 3.16. The van der Waals surface area contributed by atoms with Crippen LogP contribution in [0.5, 0.6) is 5.75 Å². The molecule has 0 saturated heterocycles. The van der Waals surface area contributed by atoms with Gasteiger partial charge in [-0.1, -0.05) is 11.8 Å². The summed E-state index contributed by atoms with van der Waals surface area (Å²) in [6, 6.07) is 10.7. The number of aromatic nitrogens is 2. The van der Waals surface area contributed by atoms with E-state index in [9.17, 15) is 13.6 Å². The van der Waals surface area contributed by atoms with Crippen molar-refractivity contribution < 1.29 is 18.3 Å². The number of H-pyrrole nitrogens is 1. The van der Waals surface area contributed by atoms with Gasteiger partial charge in [0, 0.05) is 17.9 Å². The number of benzene rings is 2. The fourth-order valence-corrected chi connectivity index (χ4v) is 3.05. The standard InChI is InChI=1S/C19H17F2N3O2S/c1-26-14-5-2-12(3-6-14)17-11-23-19(24-17)27-9-8-22-18(25)13-4-7-15(20)16(21)10-13/h2-7,10-11H,8-9H2,1H3,(H,22,25)(H,23,24). The molecule has 0 saturated carbocycles. The number of carbonyl (C=O) groups excluding carboxylic acids is 1. The van der Waals surface area contributed by atoms with Crippen molar-refractivity contribution in [2.45, 2.75) is 5.16 Å². The molecule has 0 radical (unpaired) electrons. The number of amides is 1. The lowest BCUT2D eigenvalue weighted by atomic mass is 10.2. The Hall–Kier alpha value is -2.87. The van der Waals surface area contributed by atoms with E-state index in [-0.39, 0.29) is 5.56 Å². The maximum absolute atomic E-state index is 13.2. The van der Waals surface area contributed by atoms with Crippen molar-refractivity contribution in [2.24, 2.45) is 0 Å². The number of methoxy groups -OCH3 is 1. The van der Waals surface area contributed by atoms with Gasteiger partial charge in [0.25, 0.3) is 5.91 Å². The highest BCUT2D eigenvalue weighted by Gasteiger charge is 2.09.